The third-order valence-corrected chi connectivity index (χ3v) is 4.14. The van der Waals surface area contributed by atoms with Crippen LogP contribution in [0.1, 0.15) is 20.3 Å². The molecule has 0 radical (unpaired) electrons. The molecule has 1 aliphatic rings. The molecule has 0 aromatic carbocycles. The highest BCUT2D eigenvalue weighted by atomic mass is 32.2. The SMILES string of the molecule is CC1CC(NCC(C)N(C)C)CS1. The molecule has 2 nitrogen and oxygen atoms in total. The van der Waals surface area contributed by atoms with Crippen LogP contribution in [-0.2, 0) is 0 Å². The van der Waals surface area contributed by atoms with Gasteiger partial charge < -0.3 is 10.2 Å². The molecule has 3 unspecified atom stereocenters. The van der Waals surface area contributed by atoms with Crippen molar-refractivity contribution in [3.8, 4) is 0 Å². The molecule has 3 atom stereocenters. The van der Waals surface area contributed by atoms with Crippen LogP contribution in [0.25, 0.3) is 0 Å². The molecule has 0 saturated carbocycles. The van der Waals surface area contributed by atoms with Crippen molar-refractivity contribution in [2.24, 2.45) is 0 Å². The molecule has 78 valence electrons. The van der Waals surface area contributed by atoms with Gasteiger partial charge in [0, 0.05) is 29.6 Å². The summed E-state index contributed by atoms with van der Waals surface area (Å²) in [5.41, 5.74) is 0. The highest BCUT2D eigenvalue weighted by Gasteiger charge is 2.21. The Kier molecular flexibility index (Phi) is 4.56. The first-order valence-electron chi connectivity index (χ1n) is 5.11. The van der Waals surface area contributed by atoms with E-state index < -0.39 is 0 Å². The number of hydrogen-bond acceptors (Lipinski definition) is 3. The number of likely N-dealkylation sites (N-methyl/N-ethyl adjacent to an activating group) is 1. The smallest absolute Gasteiger partial charge is 0.0186 e. The first-order valence-corrected chi connectivity index (χ1v) is 6.16. The minimum atomic E-state index is 0.640. The summed E-state index contributed by atoms with van der Waals surface area (Å²) in [6.45, 7) is 5.70. The van der Waals surface area contributed by atoms with Crippen LogP contribution in [-0.4, -0.2) is 48.6 Å². The summed E-state index contributed by atoms with van der Waals surface area (Å²) in [5.74, 6) is 1.29. The van der Waals surface area contributed by atoms with E-state index in [1.165, 1.54) is 12.2 Å². The Morgan fingerprint density at radius 2 is 2.23 bits per heavy atom. The fourth-order valence-electron chi connectivity index (χ4n) is 1.48. The zero-order chi connectivity index (χ0) is 9.84. The molecule has 1 N–H and O–H groups in total. The van der Waals surface area contributed by atoms with Gasteiger partial charge in [-0.05, 0) is 27.4 Å². The van der Waals surface area contributed by atoms with Gasteiger partial charge in [-0.3, -0.25) is 0 Å². The summed E-state index contributed by atoms with van der Waals surface area (Å²) in [6, 6.07) is 1.39. The van der Waals surface area contributed by atoms with Gasteiger partial charge in [-0.25, -0.2) is 0 Å². The highest BCUT2D eigenvalue weighted by molar-refractivity contribution is 8.00. The monoisotopic (exact) mass is 202 g/mol. The Labute approximate surface area is 86.5 Å². The normalized spacial score (nSPS) is 31.2. The number of rotatable bonds is 4. The molecular weight excluding hydrogens is 180 g/mol. The fourth-order valence-corrected chi connectivity index (χ4v) is 2.66. The van der Waals surface area contributed by atoms with Gasteiger partial charge in [0.1, 0.15) is 0 Å². The van der Waals surface area contributed by atoms with Crippen LogP contribution in [0.3, 0.4) is 0 Å². The van der Waals surface area contributed by atoms with E-state index in [4.69, 9.17) is 0 Å². The van der Waals surface area contributed by atoms with Crippen molar-refractivity contribution in [1.29, 1.82) is 0 Å². The Morgan fingerprint density at radius 3 is 2.69 bits per heavy atom. The van der Waals surface area contributed by atoms with Gasteiger partial charge in [0.05, 0.1) is 0 Å². The van der Waals surface area contributed by atoms with Gasteiger partial charge >= 0.3 is 0 Å². The predicted octanol–water partition coefficient (Wildman–Crippen LogP) is 1.42. The van der Waals surface area contributed by atoms with Gasteiger partial charge in [0.25, 0.3) is 0 Å². The summed E-state index contributed by atoms with van der Waals surface area (Å²) in [5, 5.41) is 4.48. The van der Waals surface area contributed by atoms with Crippen LogP contribution in [0.15, 0.2) is 0 Å². The Morgan fingerprint density at radius 1 is 1.54 bits per heavy atom. The van der Waals surface area contributed by atoms with Crippen molar-refractivity contribution in [3.05, 3.63) is 0 Å². The van der Waals surface area contributed by atoms with Crippen molar-refractivity contribution in [1.82, 2.24) is 10.2 Å². The molecular formula is C10H22N2S. The van der Waals surface area contributed by atoms with Crippen molar-refractivity contribution in [2.45, 2.75) is 37.6 Å². The summed E-state index contributed by atoms with van der Waals surface area (Å²) in [6.07, 6.45) is 1.34. The van der Waals surface area contributed by atoms with Crippen LogP contribution in [0.4, 0.5) is 0 Å². The molecule has 13 heavy (non-hydrogen) atoms. The molecule has 1 rings (SSSR count). The lowest BCUT2D eigenvalue weighted by molar-refractivity contribution is 0.295. The lowest BCUT2D eigenvalue weighted by Crippen LogP contribution is -2.40. The molecule has 0 aromatic rings. The topological polar surface area (TPSA) is 15.3 Å². The molecule has 0 aromatic heterocycles. The van der Waals surface area contributed by atoms with Gasteiger partial charge in [-0.15, -0.1) is 0 Å². The molecule has 1 fully saturated rings. The maximum Gasteiger partial charge on any atom is 0.0186 e. The fraction of sp³-hybridized carbons (Fsp3) is 1.00. The first-order chi connectivity index (χ1) is 6.09. The van der Waals surface area contributed by atoms with Gasteiger partial charge in [0.15, 0.2) is 0 Å². The van der Waals surface area contributed by atoms with E-state index in [0.717, 1.165) is 17.8 Å². The van der Waals surface area contributed by atoms with Gasteiger partial charge in [-0.2, -0.15) is 11.8 Å². The van der Waals surface area contributed by atoms with Crippen LogP contribution in [0, 0.1) is 0 Å². The van der Waals surface area contributed by atoms with Crippen molar-refractivity contribution < 1.29 is 0 Å². The third kappa shape index (κ3) is 3.88. The lowest BCUT2D eigenvalue weighted by Gasteiger charge is -2.22. The van der Waals surface area contributed by atoms with Crippen molar-refractivity contribution in [3.63, 3.8) is 0 Å². The quantitative estimate of drug-likeness (QED) is 0.742. The second kappa shape index (κ2) is 5.23. The predicted molar refractivity (Wildman–Crippen MR) is 61.5 cm³/mol. The molecule has 3 heteroatoms. The van der Waals surface area contributed by atoms with Crippen LogP contribution >= 0.6 is 11.8 Å². The minimum absolute atomic E-state index is 0.640. The number of nitrogens with one attached hydrogen (secondary N) is 1. The van der Waals surface area contributed by atoms with E-state index >= 15 is 0 Å². The Balaban J connectivity index is 2.12. The van der Waals surface area contributed by atoms with Gasteiger partial charge in [0.2, 0.25) is 0 Å². The zero-order valence-corrected chi connectivity index (χ0v) is 10.0. The summed E-state index contributed by atoms with van der Waals surface area (Å²) in [4.78, 5) is 2.26. The zero-order valence-electron chi connectivity index (χ0n) is 9.21. The largest absolute Gasteiger partial charge is 0.312 e. The molecule has 1 aliphatic heterocycles. The van der Waals surface area contributed by atoms with E-state index in [1.807, 2.05) is 0 Å². The van der Waals surface area contributed by atoms with E-state index in [1.54, 1.807) is 0 Å². The van der Waals surface area contributed by atoms with E-state index in [0.29, 0.717) is 6.04 Å². The van der Waals surface area contributed by atoms with Gasteiger partial charge in [-0.1, -0.05) is 6.92 Å². The van der Waals surface area contributed by atoms with Crippen molar-refractivity contribution >= 4 is 11.8 Å². The summed E-state index contributed by atoms with van der Waals surface area (Å²) >= 11 is 2.09. The average Bonchev–Trinajstić information content (AvgIpc) is 2.47. The van der Waals surface area contributed by atoms with Crippen LogP contribution < -0.4 is 5.32 Å². The number of hydrogen-bond donors (Lipinski definition) is 1. The standard InChI is InChI=1S/C10H22N2S/c1-8(12(3)4)6-11-10-5-9(2)13-7-10/h8-11H,5-7H2,1-4H3. The van der Waals surface area contributed by atoms with E-state index in [-0.39, 0.29) is 0 Å². The minimum Gasteiger partial charge on any atom is -0.312 e. The number of thioether (sulfide) groups is 1. The molecule has 1 saturated heterocycles. The Hall–Kier alpha value is 0.270. The summed E-state index contributed by atoms with van der Waals surface area (Å²) in [7, 11) is 4.27. The lowest BCUT2D eigenvalue weighted by atomic mass is 10.2. The Bertz CT molecular complexity index is 150. The number of nitrogens with zero attached hydrogens (tertiary/aromatic N) is 1. The van der Waals surface area contributed by atoms with Crippen LogP contribution in [0.5, 0.6) is 0 Å². The second-order valence-electron chi connectivity index (χ2n) is 4.30. The first kappa shape index (κ1) is 11.3. The maximum atomic E-state index is 3.63. The van der Waals surface area contributed by atoms with E-state index in [2.05, 4.69) is 49.9 Å². The molecule has 0 amide bonds. The third-order valence-electron chi connectivity index (χ3n) is 2.78. The van der Waals surface area contributed by atoms with E-state index in [9.17, 15) is 0 Å². The second-order valence-corrected chi connectivity index (χ2v) is 5.77. The average molecular weight is 202 g/mol. The maximum absolute atomic E-state index is 3.63. The molecule has 0 bridgehead atoms. The summed E-state index contributed by atoms with van der Waals surface area (Å²) < 4.78 is 0. The molecule has 0 aliphatic carbocycles. The van der Waals surface area contributed by atoms with Crippen LogP contribution in [0.2, 0.25) is 0 Å². The molecule has 0 spiro atoms. The highest BCUT2D eigenvalue weighted by Crippen LogP contribution is 2.25. The van der Waals surface area contributed by atoms with Crippen molar-refractivity contribution in [2.75, 3.05) is 26.4 Å². The molecule has 1 heterocycles.